The van der Waals surface area contributed by atoms with Crippen LogP contribution in [0.1, 0.15) is 15.5 Å². The molecule has 0 saturated carbocycles. The maximum atomic E-state index is 12.0. The molecule has 0 fully saturated rings. The van der Waals surface area contributed by atoms with Gasteiger partial charge in [0.05, 0.1) is 26.7 Å². The number of para-hydroxylation sites is 2. The summed E-state index contributed by atoms with van der Waals surface area (Å²) in [6, 6.07) is 11.6. The van der Waals surface area contributed by atoms with Crippen molar-refractivity contribution in [2.75, 3.05) is 6.26 Å². The van der Waals surface area contributed by atoms with Gasteiger partial charge in [-0.1, -0.05) is 12.1 Å². The largest absolute Gasteiger partial charge is 0.344 e. The quantitative estimate of drug-likeness (QED) is 0.727. The zero-order chi connectivity index (χ0) is 13.9. The van der Waals surface area contributed by atoms with Crippen molar-refractivity contribution in [1.82, 2.24) is 15.3 Å². The first-order valence-corrected chi connectivity index (χ1v) is 8.16. The van der Waals surface area contributed by atoms with Gasteiger partial charge in [-0.15, -0.1) is 23.1 Å². The monoisotopic (exact) mass is 303 g/mol. The lowest BCUT2D eigenvalue weighted by Gasteiger charge is -2.00. The third-order valence-corrected chi connectivity index (χ3v) is 5.03. The summed E-state index contributed by atoms with van der Waals surface area (Å²) >= 11 is 3.15. The molecule has 2 aromatic heterocycles. The first-order chi connectivity index (χ1) is 9.76. The van der Waals surface area contributed by atoms with Gasteiger partial charge in [-0.05, 0) is 30.5 Å². The molecule has 0 aliphatic rings. The molecule has 2 heterocycles. The minimum Gasteiger partial charge on any atom is -0.344 e. The molecule has 2 N–H and O–H groups in total. The van der Waals surface area contributed by atoms with Crippen LogP contribution in [0, 0.1) is 0 Å². The van der Waals surface area contributed by atoms with E-state index in [1.807, 2.05) is 42.7 Å². The number of nitrogens with one attached hydrogen (secondary N) is 2. The molecular formula is C14H13N3OS2. The number of fused-ring (bicyclic) bond motifs is 1. The van der Waals surface area contributed by atoms with Gasteiger partial charge in [0.15, 0.2) is 0 Å². The summed E-state index contributed by atoms with van der Waals surface area (Å²) < 4.78 is 1.14. The zero-order valence-electron chi connectivity index (χ0n) is 10.8. The SMILES string of the molecule is CSc1ccc(C(=O)NCc2nc3ccccc3[nH]2)s1. The van der Waals surface area contributed by atoms with E-state index in [0.29, 0.717) is 6.54 Å². The molecule has 102 valence electrons. The van der Waals surface area contributed by atoms with Crippen LogP contribution in [0.25, 0.3) is 11.0 Å². The summed E-state index contributed by atoms with van der Waals surface area (Å²) in [5.41, 5.74) is 1.90. The van der Waals surface area contributed by atoms with Gasteiger partial charge in [-0.3, -0.25) is 4.79 Å². The second kappa shape index (κ2) is 5.68. The number of thiophene rings is 1. The van der Waals surface area contributed by atoms with E-state index in [1.165, 1.54) is 11.3 Å². The van der Waals surface area contributed by atoms with Gasteiger partial charge in [0.25, 0.3) is 5.91 Å². The molecular weight excluding hydrogens is 290 g/mol. The predicted molar refractivity (Wildman–Crippen MR) is 83.4 cm³/mol. The highest BCUT2D eigenvalue weighted by Gasteiger charge is 2.09. The molecule has 4 nitrogen and oxygen atoms in total. The lowest BCUT2D eigenvalue weighted by molar-refractivity contribution is 0.0954. The smallest absolute Gasteiger partial charge is 0.261 e. The van der Waals surface area contributed by atoms with Crippen molar-refractivity contribution in [3.63, 3.8) is 0 Å². The molecule has 0 atom stereocenters. The standard InChI is InChI=1S/C14H13N3OS2/c1-19-13-7-6-11(20-13)14(18)15-8-12-16-9-4-2-3-5-10(9)17-12/h2-7H,8H2,1H3,(H,15,18)(H,16,17). The van der Waals surface area contributed by atoms with Crippen molar-refractivity contribution in [3.05, 3.63) is 47.1 Å². The average molecular weight is 303 g/mol. The van der Waals surface area contributed by atoms with Crippen LogP contribution in [0.15, 0.2) is 40.6 Å². The maximum Gasteiger partial charge on any atom is 0.261 e. The van der Waals surface area contributed by atoms with Crippen molar-refractivity contribution in [2.45, 2.75) is 10.8 Å². The lowest BCUT2D eigenvalue weighted by Crippen LogP contribution is -2.22. The van der Waals surface area contributed by atoms with Gasteiger partial charge in [0, 0.05) is 0 Å². The molecule has 3 rings (SSSR count). The normalized spacial score (nSPS) is 10.8. The summed E-state index contributed by atoms with van der Waals surface area (Å²) in [7, 11) is 0. The number of amides is 1. The van der Waals surface area contributed by atoms with Crippen molar-refractivity contribution in [1.29, 1.82) is 0 Å². The van der Waals surface area contributed by atoms with Crippen LogP contribution in [0.4, 0.5) is 0 Å². The fourth-order valence-electron chi connectivity index (χ4n) is 1.89. The van der Waals surface area contributed by atoms with E-state index >= 15 is 0 Å². The summed E-state index contributed by atoms with van der Waals surface area (Å²) in [6.45, 7) is 0.403. The number of aromatic amines is 1. The molecule has 0 spiro atoms. The van der Waals surface area contributed by atoms with Crippen LogP contribution in [0.2, 0.25) is 0 Å². The number of hydrogen-bond acceptors (Lipinski definition) is 4. The highest BCUT2D eigenvalue weighted by atomic mass is 32.2. The second-order valence-electron chi connectivity index (χ2n) is 4.21. The number of nitrogens with zero attached hydrogens (tertiary/aromatic N) is 1. The molecule has 0 unspecified atom stereocenters. The van der Waals surface area contributed by atoms with Crippen molar-refractivity contribution in [3.8, 4) is 0 Å². The Morgan fingerprint density at radius 3 is 2.95 bits per heavy atom. The molecule has 6 heteroatoms. The molecule has 0 saturated heterocycles. The number of thioether (sulfide) groups is 1. The Labute approximate surface area is 124 Å². The maximum absolute atomic E-state index is 12.0. The van der Waals surface area contributed by atoms with Crippen LogP contribution in [0.5, 0.6) is 0 Å². The van der Waals surface area contributed by atoms with Crippen molar-refractivity contribution < 1.29 is 4.79 Å². The Kier molecular flexibility index (Phi) is 3.75. The molecule has 0 bridgehead atoms. The van der Waals surface area contributed by atoms with Crippen LogP contribution in [-0.4, -0.2) is 22.1 Å². The van der Waals surface area contributed by atoms with E-state index in [9.17, 15) is 4.79 Å². The highest BCUT2D eigenvalue weighted by molar-refractivity contribution is 8.00. The van der Waals surface area contributed by atoms with E-state index in [4.69, 9.17) is 0 Å². The van der Waals surface area contributed by atoms with Gasteiger partial charge in [0.2, 0.25) is 0 Å². The van der Waals surface area contributed by atoms with Gasteiger partial charge < -0.3 is 10.3 Å². The van der Waals surface area contributed by atoms with Gasteiger partial charge in [0.1, 0.15) is 5.82 Å². The number of carbonyl (C=O) groups excluding carboxylic acids is 1. The second-order valence-corrected chi connectivity index (χ2v) is 6.40. The number of aromatic nitrogens is 2. The number of hydrogen-bond donors (Lipinski definition) is 2. The van der Waals surface area contributed by atoms with E-state index in [0.717, 1.165) is 25.9 Å². The molecule has 1 aromatic carbocycles. The number of rotatable bonds is 4. The number of imidazole rings is 1. The van der Waals surface area contributed by atoms with Gasteiger partial charge in [-0.25, -0.2) is 4.98 Å². The molecule has 0 aliphatic heterocycles. The first-order valence-electron chi connectivity index (χ1n) is 6.12. The van der Waals surface area contributed by atoms with Crippen molar-refractivity contribution in [2.24, 2.45) is 0 Å². The number of benzene rings is 1. The first kappa shape index (κ1) is 13.2. The van der Waals surface area contributed by atoms with E-state index in [2.05, 4.69) is 15.3 Å². The molecule has 1 amide bonds. The molecule has 0 radical (unpaired) electrons. The van der Waals surface area contributed by atoms with Crippen molar-refractivity contribution >= 4 is 40.0 Å². The summed E-state index contributed by atoms with van der Waals surface area (Å²) in [4.78, 5) is 20.4. The minimum absolute atomic E-state index is 0.0595. The van der Waals surface area contributed by atoms with Crippen LogP contribution < -0.4 is 5.32 Å². The van der Waals surface area contributed by atoms with E-state index in [-0.39, 0.29) is 5.91 Å². The minimum atomic E-state index is -0.0595. The Balaban J connectivity index is 1.68. The number of carbonyl (C=O) groups is 1. The van der Waals surface area contributed by atoms with Gasteiger partial charge in [-0.2, -0.15) is 0 Å². The Morgan fingerprint density at radius 2 is 2.20 bits per heavy atom. The Morgan fingerprint density at radius 1 is 1.35 bits per heavy atom. The third-order valence-electron chi connectivity index (χ3n) is 2.86. The van der Waals surface area contributed by atoms with Crippen LogP contribution in [0.3, 0.4) is 0 Å². The summed E-state index contributed by atoms with van der Waals surface area (Å²) in [6.07, 6.45) is 2.00. The Hall–Kier alpha value is -1.79. The molecule has 3 aromatic rings. The van der Waals surface area contributed by atoms with Gasteiger partial charge >= 0.3 is 0 Å². The lowest BCUT2D eigenvalue weighted by atomic mass is 10.3. The predicted octanol–water partition coefficient (Wildman–Crippen LogP) is 3.28. The highest BCUT2D eigenvalue weighted by Crippen LogP contribution is 2.25. The topological polar surface area (TPSA) is 57.8 Å². The zero-order valence-corrected chi connectivity index (χ0v) is 12.5. The fourth-order valence-corrected chi connectivity index (χ4v) is 3.35. The molecule has 20 heavy (non-hydrogen) atoms. The summed E-state index contributed by atoms with van der Waals surface area (Å²) in [5.74, 6) is 0.706. The van der Waals surface area contributed by atoms with Crippen LogP contribution >= 0.6 is 23.1 Å². The average Bonchev–Trinajstić information content (AvgIpc) is 3.10. The fraction of sp³-hybridized carbons (Fsp3) is 0.143. The number of H-pyrrole nitrogens is 1. The van der Waals surface area contributed by atoms with Crippen LogP contribution in [-0.2, 0) is 6.54 Å². The summed E-state index contributed by atoms with van der Waals surface area (Å²) in [5, 5.41) is 2.88. The molecule has 0 aliphatic carbocycles. The van der Waals surface area contributed by atoms with E-state index < -0.39 is 0 Å². The third kappa shape index (κ3) is 2.71. The van der Waals surface area contributed by atoms with E-state index in [1.54, 1.807) is 11.8 Å². The Bertz CT molecular complexity index is 715.